The fraction of sp³-hybridized carbons (Fsp3) is 0.850. The number of piperazine rings is 1. The van der Waals surface area contributed by atoms with Gasteiger partial charge in [-0.2, -0.15) is 0 Å². The van der Waals surface area contributed by atoms with Crippen molar-refractivity contribution >= 4 is 18.2 Å². The Morgan fingerprint density at radius 2 is 1.69 bits per heavy atom. The number of hydrogen-bond acceptors (Lipinski definition) is 6. The van der Waals surface area contributed by atoms with Crippen molar-refractivity contribution in [1.29, 1.82) is 0 Å². The predicted molar refractivity (Wildman–Crippen MR) is 111 cm³/mol. The quantitative estimate of drug-likeness (QED) is 0.117. The molecule has 168 valence electrons. The zero-order chi connectivity index (χ0) is 21.8. The van der Waals surface area contributed by atoms with Gasteiger partial charge in [-0.3, -0.25) is 24.6 Å². The lowest BCUT2D eigenvalue weighted by Gasteiger charge is -2.37. The molecule has 3 N–H and O–H groups in total. The maximum absolute atomic E-state index is 13.1. The normalized spacial score (nSPS) is 16.9. The van der Waals surface area contributed by atoms with Gasteiger partial charge in [0, 0.05) is 26.2 Å². The van der Waals surface area contributed by atoms with Crippen LogP contribution in [-0.4, -0.2) is 89.1 Å². The third-order valence-corrected chi connectivity index (χ3v) is 5.56. The van der Waals surface area contributed by atoms with E-state index in [1.54, 1.807) is 4.90 Å². The van der Waals surface area contributed by atoms with Crippen LogP contribution in [0.15, 0.2) is 0 Å². The lowest BCUT2D eigenvalue weighted by molar-refractivity contribution is -0.160. The van der Waals surface area contributed by atoms with E-state index in [0.717, 1.165) is 50.2 Å². The average Bonchev–Trinajstić information content (AvgIpc) is 2.72. The van der Waals surface area contributed by atoms with Crippen molar-refractivity contribution in [2.24, 2.45) is 11.8 Å². The van der Waals surface area contributed by atoms with Crippen LogP contribution >= 0.6 is 0 Å². The molecule has 1 unspecified atom stereocenters. The van der Waals surface area contributed by atoms with Crippen molar-refractivity contribution in [2.45, 2.75) is 64.8 Å². The Hall–Kier alpha value is -1.71. The van der Waals surface area contributed by atoms with Crippen LogP contribution in [0.2, 0.25) is 0 Å². The highest BCUT2D eigenvalue weighted by molar-refractivity contribution is 5.88. The number of amides is 3. The van der Waals surface area contributed by atoms with E-state index in [2.05, 4.69) is 11.8 Å². The minimum absolute atomic E-state index is 0.119. The molecule has 1 heterocycles. The first-order valence-electron chi connectivity index (χ1n) is 10.8. The Kier molecular flexibility index (Phi) is 11.8. The molecule has 0 aromatic carbocycles. The molecule has 0 bridgehead atoms. The highest BCUT2D eigenvalue weighted by Crippen LogP contribution is 2.18. The van der Waals surface area contributed by atoms with Crippen LogP contribution in [0.5, 0.6) is 0 Å². The zero-order valence-corrected chi connectivity index (χ0v) is 18.3. The van der Waals surface area contributed by atoms with Crippen molar-refractivity contribution in [3.63, 3.8) is 0 Å². The Bertz CT molecular complexity index is 511. The molecule has 9 heteroatoms. The van der Waals surface area contributed by atoms with Gasteiger partial charge in [0.15, 0.2) is 0 Å². The van der Waals surface area contributed by atoms with Gasteiger partial charge in [-0.05, 0) is 19.9 Å². The van der Waals surface area contributed by atoms with Crippen LogP contribution in [0, 0.1) is 5.92 Å². The van der Waals surface area contributed by atoms with Crippen molar-refractivity contribution in [3.8, 4) is 0 Å². The third-order valence-electron chi connectivity index (χ3n) is 5.56. The number of hydrogen-bond donors (Lipinski definition) is 2. The predicted octanol–water partition coefficient (Wildman–Crippen LogP) is 1.07. The van der Waals surface area contributed by atoms with Gasteiger partial charge in [0.25, 0.3) is 0 Å². The molecule has 1 aliphatic heterocycles. The average molecular weight is 414 g/mol. The molecule has 0 radical (unpaired) electrons. The molecule has 0 saturated carbocycles. The summed E-state index contributed by atoms with van der Waals surface area (Å²) >= 11 is 0. The molecule has 1 rings (SSSR count). The maximum Gasteiger partial charge on any atom is 0.247 e. The molecule has 0 aromatic heterocycles. The topological polar surface area (TPSA) is 110 Å². The van der Waals surface area contributed by atoms with E-state index in [0.29, 0.717) is 31.0 Å². The van der Waals surface area contributed by atoms with Gasteiger partial charge < -0.3 is 9.80 Å². The largest absolute Gasteiger partial charge is 0.338 e. The van der Waals surface area contributed by atoms with Gasteiger partial charge in [0.1, 0.15) is 6.04 Å². The molecule has 1 fully saturated rings. The van der Waals surface area contributed by atoms with E-state index in [1.807, 2.05) is 14.0 Å². The molecule has 2 atom stereocenters. The number of hydrazine groups is 1. The van der Waals surface area contributed by atoms with E-state index < -0.39 is 17.9 Å². The second-order valence-corrected chi connectivity index (χ2v) is 7.95. The van der Waals surface area contributed by atoms with Gasteiger partial charge in [-0.15, -0.1) is 0 Å². The smallest absolute Gasteiger partial charge is 0.247 e. The number of unbranched alkanes of at least 4 members (excludes halogenated alkanes) is 3. The van der Waals surface area contributed by atoms with Gasteiger partial charge >= 0.3 is 0 Å². The summed E-state index contributed by atoms with van der Waals surface area (Å²) in [5, 5.41) is 11.1. The van der Waals surface area contributed by atoms with Gasteiger partial charge in [-0.25, -0.2) is 10.9 Å². The number of nitrogens with two attached hydrogens (primary N) is 1. The van der Waals surface area contributed by atoms with Crippen LogP contribution in [-0.2, 0) is 14.4 Å². The first kappa shape index (κ1) is 25.3. The summed E-state index contributed by atoms with van der Waals surface area (Å²) in [6, 6.07) is -0.720. The van der Waals surface area contributed by atoms with Crippen molar-refractivity contribution in [3.05, 3.63) is 0 Å². The monoisotopic (exact) mass is 413 g/mol. The SMILES string of the molecule is CCCCC[C@H](CN(O)C=O)C(=O)N(N)C(CCCC)C(=O)N1CCN(C)CC1. The van der Waals surface area contributed by atoms with Crippen LogP contribution in [0.4, 0.5) is 0 Å². The Balaban J connectivity index is 2.91. The number of rotatable bonds is 13. The molecular weight excluding hydrogens is 374 g/mol. The number of carbonyl (C=O) groups is 3. The third kappa shape index (κ3) is 8.28. The minimum atomic E-state index is -0.720. The summed E-state index contributed by atoms with van der Waals surface area (Å²) in [5.74, 6) is 5.05. The highest BCUT2D eigenvalue weighted by Gasteiger charge is 2.35. The first-order chi connectivity index (χ1) is 13.8. The summed E-state index contributed by atoms with van der Waals surface area (Å²) in [5.41, 5.74) is 0. The molecular formula is C20H39N5O4. The van der Waals surface area contributed by atoms with Crippen molar-refractivity contribution in [2.75, 3.05) is 39.8 Å². The standard InChI is InChI=1S/C20H39N5O4/c1-4-6-8-9-17(15-24(29)16-26)19(27)25(21)18(10-7-5-2)20(28)23-13-11-22(3)12-14-23/h16-18,29H,4-15,21H2,1-3H3/t17-,18?/m1/s1. The second kappa shape index (κ2) is 13.5. The van der Waals surface area contributed by atoms with Gasteiger partial charge in [0.2, 0.25) is 18.2 Å². The lowest BCUT2D eigenvalue weighted by atomic mass is 9.98. The van der Waals surface area contributed by atoms with Crippen molar-refractivity contribution in [1.82, 2.24) is 19.9 Å². The van der Waals surface area contributed by atoms with Crippen LogP contribution in [0.1, 0.15) is 58.8 Å². The molecule has 9 nitrogen and oxygen atoms in total. The second-order valence-electron chi connectivity index (χ2n) is 7.95. The summed E-state index contributed by atoms with van der Waals surface area (Å²) in [7, 11) is 2.02. The summed E-state index contributed by atoms with van der Waals surface area (Å²) in [4.78, 5) is 41.0. The van der Waals surface area contributed by atoms with E-state index in [1.165, 1.54) is 0 Å². The minimum Gasteiger partial charge on any atom is -0.338 e. The molecule has 0 aliphatic carbocycles. The molecule has 3 amide bonds. The molecule has 29 heavy (non-hydrogen) atoms. The molecule has 1 saturated heterocycles. The summed E-state index contributed by atoms with van der Waals surface area (Å²) in [6.45, 7) is 6.80. The number of nitrogens with zero attached hydrogens (tertiary/aromatic N) is 4. The summed E-state index contributed by atoms with van der Waals surface area (Å²) in [6.07, 6.45) is 5.70. The lowest BCUT2D eigenvalue weighted by Crippen LogP contribution is -2.59. The maximum atomic E-state index is 13.1. The number of carbonyl (C=O) groups excluding carboxylic acids is 3. The van der Waals surface area contributed by atoms with Gasteiger partial charge in [0.05, 0.1) is 12.5 Å². The van der Waals surface area contributed by atoms with E-state index >= 15 is 0 Å². The van der Waals surface area contributed by atoms with E-state index in [-0.39, 0.29) is 18.9 Å². The fourth-order valence-electron chi connectivity index (χ4n) is 3.58. The Morgan fingerprint density at radius 1 is 1.07 bits per heavy atom. The van der Waals surface area contributed by atoms with Crippen LogP contribution in [0.25, 0.3) is 0 Å². The number of likely N-dealkylation sites (N-methyl/N-ethyl adjacent to an activating group) is 1. The van der Waals surface area contributed by atoms with Gasteiger partial charge in [-0.1, -0.05) is 46.0 Å². The van der Waals surface area contributed by atoms with E-state index in [4.69, 9.17) is 5.84 Å². The highest BCUT2D eigenvalue weighted by atomic mass is 16.5. The fourth-order valence-corrected chi connectivity index (χ4v) is 3.58. The van der Waals surface area contributed by atoms with Crippen LogP contribution < -0.4 is 5.84 Å². The van der Waals surface area contributed by atoms with Crippen LogP contribution in [0.3, 0.4) is 0 Å². The molecule has 1 aliphatic rings. The van der Waals surface area contributed by atoms with Crippen molar-refractivity contribution < 1.29 is 19.6 Å². The first-order valence-corrected chi connectivity index (χ1v) is 10.8. The number of hydroxylamine groups is 2. The zero-order valence-electron chi connectivity index (χ0n) is 18.3. The summed E-state index contributed by atoms with van der Waals surface area (Å²) < 4.78 is 0. The molecule has 0 spiro atoms. The Morgan fingerprint density at radius 3 is 2.24 bits per heavy atom. The molecule has 0 aromatic rings. The van der Waals surface area contributed by atoms with E-state index in [9.17, 15) is 19.6 Å². The Labute approximate surface area is 174 Å².